The van der Waals surface area contributed by atoms with Gasteiger partial charge in [-0.3, -0.25) is 0 Å². The van der Waals surface area contributed by atoms with E-state index < -0.39 is 65.8 Å². The van der Waals surface area contributed by atoms with Crippen LogP contribution >= 0.6 is 11.8 Å². The zero-order chi connectivity index (χ0) is 28.3. The maximum absolute atomic E-state index is 14.3. The number of nitrogens with zero attached hydrogens (tertiary/aromatic N) is 1. The Hall–Kier alpha value is -3.13. The fraction of sp³-hybridized carbons (Fsp3) is 0.250. The van der Waals surface area contributed by atoms with Crippen molar-refractivity contribution in [1.29, 1.82) is 0 Å². The standard InChI is InChI=1S/C24H17F10NO2S/c25-20-8-7-15(22(26,27)28)9-14(20)12-35(13-21(36)23(29,30)31)16-3-1-4-17(10-16)37-18-5-2-6-19(11-18)38-24(32,33)34/h1-11,21,36H,12-13H2. The van der Waals surface area contributed by atoms with Gasteiger partial charge in [0, 0.05) is 28.8 Å². The van der Waals surface area contributed by atoms with E-state index >= 15 is 0 Å². The van der Waals surface area contributed by atoms with Crippen molar-refractivity contribution in [2.75, 3.05) is 11.4 Å². The number of alkyl halides is 9. The molecule has 38 heavy (non-hydrogen) atoms. The van der Waals surface area contributed by atoms with E-state index in [2.05, 4.69) is 0 Å². The van der Waals surface area contributed by atoms with Crippen molar-refractivity contribution in [3.63, 3.8) is 0 Å². The number of halogens is 10. The monoisotopic (exact) mass is 573 g/mol. The second-order valence-electron chi connectivity index (χ2n) is 7.86. The highest BCUT2D eigenvalue weighted by Crippen LogP contribution is 2.39. The van der Waals surface area contributed by atoms with Crippen molar-refractivity contribution in [3.05, 3.63) is 83.7 Å². The second kappa shape index (κ2) is 11.3. The highest BCUT2D eigenvalue weighted by Gasteiger charge is 2.39. The molecule has 1 unspecified atom stereocenters. The lowest BCUT2D eigenvalue weighted by molar-refractivity contribution is -0.200. The van der Waals surface area contributed by atoms with Gasteiger partial charge in [-0.15, -0.1) is 0 Å². The van der Waals surface area contributed by atoms with Crippen LogP contribution in [-0.4, -0.2) is 29.4 Å². The van der Waals surface area contributed by atoms with Gasteiger partial charge in [0.25, 0.3) is 0 Å². The van der Waals surface area contributed by atoms with Crippen molar-refractivity contribution in [2.24, 2.45) is 0 Å². The van der Waals surface area contributed by atoms with Crippen LogP contribution in [0.2, 0.25) is 0 Å². The summed E-state index contributed by atoms with van der Waals surface area (Å²) in [6.45, 7) is -1.95. The summed E-state index contributed by atoms with van der Waals surface area (Å²) < 4.78 is 136. The van der Waals surface area contributed by atoms with Crippen molar-refractivity contribution in [3.8, 4) is 11.5 Å². The van der Waals surface area contributed by atoms with Crippen LogP contribution in [-0.2, 0) is 12.7 Å². The number of thioether (sulfide) groups is 1. The van der Waals surface area contributed by atoms with Gasteiger partial charge in [-0.1, -0.05) is 12.1 Å². The largest absolute Gasteiger partial charge is 0.457 e. The molecule has 0 aliphatic heterocycles. The van der Waals surface area contributed by atoms with E-state index in [0.29, 0.717) is 18.2 Å². The number of hydrogen-bond acceptors (Lipinski definition) is 4. The molecule has 0 radical (unpaired) electrons. The number of hydrogen-bond donors (Lipinski definition) is 1. The first-order chi connectivity index (χ1) is 17.5. The average molecular weight is 573 g/mol. The number of aliphatic hydroxyl groups excluding tert-OH is 1. The maximum Gasteiger partial charge on any atom is 0.446 e. The van der Waals surface area contributed by atoms with E-state index in [4.69, 9.17) is 4.74 Å². The zero-order valence-corrected chi connectivity index (χ0v) is 19.6. The molecule has 3 aromatic carbocycles. The summed E-state index contributed by atoms with van der Waals surface area (Å²) in [7, 11) is 0. The normalized spacial score (nSPS) is 13.3. The van der Waals surface area contributed by atoms with E-state index in [-0.39, 0.29) is 22.1 Å². The number of rotatable bonds is 8. The molecule has 0 saturated carbocycles. The van der Waals surface area contributed by atoms with Gasteiger partial charge in [0.2, 0.25) is 0 Å². The first-order valence-electron chi connectivity index (χ1n) is 10.5. The van der Waals surface area contributed by atoms with Crippen LogP contribution in [0.5, 0.6) is 11.5 Å². The van der Waals surface area contributed by atoms with Gasteiger partial charge in [0.1, 0.15) is 17.3 Å². The molecule has 0 aromatic heterocycles. The van der Waals surface area contributed by atoms with Gasteiger partial charge in [-0.2, -0.15) is 39.5 Å². The summed E-state index contributed by atoms with van der Waals surface area (Å²) in [5.41, 5.74) is -6.46. The summed E-state index contributed by atoms with van der Waals surface area (Å²) in [5.74, 6) is -1.20. The van der Waals surface area contributed by atoms with Gasteiger partial charge >= 0.3 is 17.9 Å². The molecule has 0 aliphatic carbocycles. The lowest BCUT2D eigenvalue weighted by Crippen LogP contribution is -2.41. The van der Waals surface area contributed by atoms with E-state index in [0.717, 1.165) is 17.0 Å². The van der Waals surface area contributed by atoms with E-state index in [1.807, 2.05) is 0 Å². The van der Waals surface area contributed by atoms with Crippen LogP contribution in [0.3, 0.4) is 0 Å². The summed E-state index contributed by atoms with van der Waals surface area (Å²) in [5, 5.41) is 9.61. The Morgan fingerprint density at radius 2 is 1.45 bits per heavy atom. The van der Waals surface area contributed by atoms with Crippen molar-refractivity contribution >= 4 is 17.4 Å². The fourth-order valence-corrected chi connectivity index (χ4v) is 3.85. The van der Waals surface area contributed by atoms with Gasteiger partial charge in [-0.25, -0.2) is 4.39 Å². The lowest BCUT2D eigenvalue weighted by atomic mass is 10.1. The summed E-state index contributed by atoms with van der Waals surface area (Å²) in [4.78, 5) is 0.612. The van der Waals surface area contributed by atoms with Gasteiger partial charge in [0.15, 0.2) is 6.10 Å². The molecule has 0 saturated heterocycles. The highest BCUT2D eigenvalue weighted by molar-refractivity contribution is 8.00. The van der Waals surface area contributed by atoms with Crippen LogP contribution in [0.1, 0.15) is 11.1 Å². The molecule has 0 spiro atoms. The summed E-state index contributed by atoms with van der Waals surface area (Å²) in [6.07, 6.45) is -12.9. The zero-order valence-electron chi connectivity index (χ0n) is 18.8. The van der Waals surface area contributed by atoms with Crippen molar-refractivity contribution in [1.82, 2.24) is 0 Å². The minimum atomic E-state index is -5.09. The Labute approximate surface area is 213 Å². The van der Waals surface area contributed by atoms with Gasteiger partial charge < -0.3 is 14.7 Å². The second-order valence-corrected chi connectivity index (χ2v) is 9.00. The number of aliphatic hydroxyl groups is 1. The summed E-state index contributed by atoms with van der Waals surface area (Å²) in [6, 6.07) is 11.4. The van der Waals surface area contributed by atoms with Crippen molar-refractivity contribution in [2.45, 2.75) is 35.4 Å². The quantitative estimate of drug-likeness (QED) is 0.218. The first-order valence-corrected chi connectivity index (χ1v) is 11.3. The van der Waals surface area contributed by atoms with Crippen molar-refractivity contribution < 1.29 is 53.7 Å². The van der Waals surface area contributed by atoms with Gasteiger partial charge in [0.05, 0.1) is 12.1 Å². The fourth-order valence-electron chi connectivity index (χ4n) is 3.27. The van der Waals surface area contributed by atoms with Crippen LogP contribution < -0.4 is 9.64 Å². The lowest BCUT2D eigenvalue weighted by Gasteiger charge is -2.29. The van der Waals surface area contributed by atoms with Crippen LogP contribution in [0, 0.1) is 5.82 Å². The molecule has 14 heteroatoms. The molecule has 206 valence electrons. The number of benzene rings is 3. The van der Waals surface area contributed by atoms with Crippen LogP contribution in [0.25, 0.3) is 0 Å². The maximum atomic E-state index is 14.3. The molecule has 3 rings (SSSR count). The van der Waals surface area contributed by atoms with Crippen LogP contribution in [0.15, 0.2) is 71.6 Å². The smallest absolute Gasteiger partial charge is 0.446 e. The third kappa shape index (κ3) is 8.45. The van der Waals surface area contributed by atoms with Gasteiger partial charge in [-0.05, 0) is 60.3 Å². The Kier molecular flexibility index (Phi) is 8.76. The van der Waals surface area contributed by atoms with E-state index in [9.17, 15) is 49.0 Å². The Bertz CT molecular complexity index is 1240. The molecule has 1 N–H and O–H groups in total. The molecule has 1 atom stereocenters. The molecule has 0 aliphatic rings. The van der Waals surface area contributed by atoms with E-state index in [1.54, 1.807) is 0 Å². The minimum Gasteiger partial charge on any atom is -0.457 e. The average Bonchev–Trinajstić information content (AvgIpc) is 2.77. The Morgan fingerprint density at radius 1 is 0.816 bits per heavy atom. The Balaban J connectivity index is 1.93. The van der Waals surface area contributed by atoms with Crippen LogP contribution in [0.4, 0.5) is 49.6 Å². The first kappa shape index (κ1) is 29.4. The predicted molar refractivity (Wildman–Crippen MR) is 119 cm³/mol. The molecule has 3 aromatic rings. The SMILES string of the molecule is OC(CN(Cc1cc(C(F)(F)F)ccc1F)c1cccc(Oc2cccc(SC(F)(F)F)c2)c1)C(F)(F)F. The summed E-state index contributed by atoms with van der Waals surface area (Å²) >= 11 is -0.390. The highest BCUT2D eigenvalue weighted by atomic mass is 32.2. The predicted octanol–water partition coefficient (Wildman–Crippen LogP) is 8.18. The minimum absolute atomic E-state index is 0.0396. The molecule has 3 nitrogen and oxygen atoms in total. The molecule has 0 amide bonds. The number of anilines is 1. The molecule has 0 bridgehead atoms. The number of ether oxygens (including phenoxy) is 1. The Morgan fingerprint density at radius 3 is 2.05 bits per heavy atom. The molecular formula is C24H17F10NO2S. The third-order valence-electron chi connectivity index (χ3n) is 4.96. The molecular weight excluding hydrogens is 556 g/mol. The van der Waals surface area contributed by atoms with E-state index in [1.165, 1.54) is 36.4 Å². The molecule has 0 heterocycles. The topological polar surface area (TPSA) is 32.7 Å². The third-order valence-corrected chi connectivity index (χ3v) is 5.68. The molecule has 0 fully saturated rings.